The fourth-order valence-electron chi connectivity index (χ4n) is 2.73. The Bertz CT molecular complexity index is 689. The van der Waals surface area contributed by atoms with Crippen molar-refractivity contribution in [3.63, 3.8) is 0 Å². The Labute approximate surface area is 154 Å². The summed E-state index contributed by atoms with van der Waals surface area (Å²) < 4.78 is 11.2. The van der Waals surface area contributed by atoms with Gasteiger partial charge in [-0.2, -0.15) is 4.98 Å². The molecule has 0 spiro atoms. The van der Waals surface area contributed by atoms with Crippen molar-refractivity contribution in [2.45, 2.75) is 20.0 Å². The molecule has 0 saturated carbocycles. The molecule has 26 heavy (non-hydrogen) atoms. The first-order valence-electron chi connectivity index (χ1n) is 9.10. The summed E-state index contributed by atoms with van der Waals surface area (Å²) in [5.74, 6) is 2.14. The minimum Gasteiger partial charge on any atom is -0.489 e. The average Bonchev–Trinajstić information content (AvgIpc) is 2.64. The normalized spacial score (nSPS) is 15.0. The van der Waals surface area contributed by atoms with Gasteiger partial charge in [-0.25, -0.2) is 4.98 Å². The number of aromatic nitrogens is 2. The number of hydrogen-bond donors (Lipinski definition) is 2. The van der Waals surface area contributed by atoms with E-state index >= 15 is 0 Å². The van der Waals surface area contributed by atoms with Crippen LogP contribution in [-0.4, -0.2) is 60.4 Å². The van der Waals surface area contributed by atoms with Gasteiger partial charge in [-0.1, -0.05) is 12.1 Å². The van der Waals surface area contributed by atoms with Gasteiger partial charge in [0.15, 0.2) is 0 Å². The Morgan fingerprint density at radius 2 is 2.00 bits per heavy atom. The highest BCUT2D eigenvalue weighted by Crippen LogP contribution is 2.27. The van der Waals surface area contributed by atoms with Gasteiger partial charge in [-0.3, -0.25) is 4.90 Å². The quantitative estimate of drug-likeness (QED) is 0.753. The van der Waals surface area contributed by atoms with Gasteiger partial charge in [0.05, 0.1) is 25.0 Å². The first kappa shape index (κ1) is 18.4. The largest absolute Gasteiger partial charge is 0.489 e. The fourth-order valence-corrected chi connectivity index (χ4v) is 2.73. The Morgan fingerprint density at radius 3 is 2.81 bits per heavy atom. The molecule has 1 aromatic heterocycles. The van der Waals surface area contributed by atoms with Crippen LogP contribution in [0, 0.1) is 0 Å². The van der Waals surface area contributed by atoms with Gasteiger partial charge in [0.1, 0.15) is 11.6 Å². The van der Waals surface area contributed by atoms with E-state index in [1.54, 1.807) is 6.20 Å². The Hall–Kier alpha value is -2.38. The highest BCUT2D eigenvalue weighted by molar-refractivity contribution is 5.63. The predicted molar refractivity (Wildman–Crippen MR) is 103 cm³/mol. The van der Waals surface area contributed by atoms with Gasteiger partial charge < -0.3 is 20.1 Å². The summed E-state index contributed by atoms with van der Waals surface area (Å²) >= 11 is 0. The van der Waals surface area contributed by atoms with Crippen molar-refractivity contribution in [1.29, 1.82) is 0 Å². The summed E-state index contributed by atoms with van der Waals surface area (Å²) in [7, 11) is 0. The van der Waals surface area contributed by atoms with Crippen LogP contribution in [0.25, 0.3) is 0 Å². The SMILES string of the molecule is CC(C)Oc1ccccc1Nc1nccc(NCCN2CCOCC2)n1. The Morgan fingerprint density at radius 1 is 1.19 bits per heavy atom. The third-order valence-corrected chi connectivity index (χ3v) is 3.99. The number of nitrogens with zero attached hydrogens (tertiary/aromatic N) is 3. The van der Waals surface area contributed by atoms with Crippen molar-refractivity contribution in [1.82, 2.24) is 14.9 Å². The minimum atomic E-state index is 0.104. The van der Waals surface area contributed by atoms with E-state index in [-0.39, 0.29) is 6.10 Å². The molecular weight excluding hydrogens is 330 g/mol. The number of benzene rings is 1. The van der Waals surface area contributed by atoms with Gasteiger partial charge >= 0.3 is 0 Å². The predicted octanol–water partition coefficient (Wildman–Crippen LogP) is 2.75. The third-order valence-electron chi connectivity index (χ3n) is 3.99. The first-order valence-corrected chi connectivity index (χ1v) is 9.10. The molecule has 2 aromatic rings. The molecule has 1 fully saturated rings. The van der Waals surface area contributed by atoms with Crippen molar-refractivity contribution in [2.75, 3.05) is 50.0 Å². The molecule has 1 aliphatic rings. The van der Waals surface area contributed by atoms with Gasteiger partial charge in [-0.05, 0) is 32.0 Å². The van der Waals surface area contributed by atoms with E-state index in [0.29, 0.717) is 5.95 Å². The van der Waals surface area contributed by atoms with Crippen LogP contribution in [0.4, 0.5) is 17.5 Å². The van der Waals surface area contributed by atoms with E-state index in [0.717, 1.165) is 56.6 Å². The maximum Gasteiger partial charge on any atom is 0.229 e. The fraction of sp³-hybridized carbons (Fsp3) is 0.474. The molecule has 140 valence electrons. The standard InChI is InChI=1S/C19H27N5O2/c1-15(2)26-17-6-4-3-5-16(17)22-19-21-8-7-18(23-19)20-9-10-24-11-13-25-14-12-24/h3-8,15H,9-14H2,1-2H3,(H2,20,21,22,23). The lowest BCUT2D eigenvalue weighted by Crippen LogP contribution is -2.39. The lowest BCUT2D eigenvalue weighted by Gasteiger charge is -2.26. The van der Waals surface area contributed by atoms with Crippen LogP contribution in [-0.2, 0) is 4.74 Å². The molecule has 1 saturated heterocycles. The highest BCUT2D eigenvalue weighted by Gasteiger charge is 2.10. The van der Waals surface area contributed by atoms with Crippen LogP contribution in [0.5, 0.6) is 5.75 Å². The number of nitrogens with one attached hydrogen (secondary N) is 2. The van der Waals surface area contributed by atoms with Gasteiger partial charge in [0.2, 0.25) is 5.95 Å². The van der Waals surface area contributed by atoms with Crippen LogP contribution in [0.15, 0.2) is 36.5 Å². The van der Waals surface area contributed by atoms with E-state index in [2.05, 4.69) is 25.5 Å². The summed E-state index contributed by atoms with van der Waals surface area (Å²) in [6, 6.07) is 9.68. The number of para-hydroxylation sites is 2. The number of rotatable bonds is 8. The van der Waals surface area contributed by atoms with E-state index in [1.807, 2.05) is 44.2 Å². The van der Waals surface area contributed by atoms with Crippen molar-refractivity contribution in [3.05, 3.63) is 36.5 Å². The van der Waals surface area contributed by atoms with Gasteiger partial charge in [0, 0.05) is 32.4 Å². The maximum atomic E-state index is 5.83. The lowest BCUT2D eigenvalue weighted by molar-refractivity contribution is 0.0398. The number of anilines is 3. The summed E-state index contributed by atoms with van der Waals surface area (Å²) in [6.07, 6.45) is 1.85. The molecule has 0 amide bonds. The molecule has 3 rings (SSSR count). The average molecular weight is 357 g/mol. The summed E-state index contributed by atoms with van der Waals surface area (Å²) in [5, 5.41) is 6.60. The summed E-state index contributed by atoms with van der Waals surface area (Å²) in [4.78, 5) is 11.2. The van der Waals surface area contributed by atoms with Gasteiger partial charge in [-0.15, -0.1) is 0 Å². The zero-order valence-electron chi connectivity index (χ0n) is 15.4. The van der Waals surface area contributed by atoms with Crippen LogP contribution >= 0.6 is 0 Å². The molecule has 1 aliphatic heterocycles. The van der Waals surface area contributed by atoms with Crippen molar-refractivity contribution in [2.24, 2.45) is 0 Å². The zero-order chi connectivity index (χ0) is 18.2. The Kier molecular flexibility index (Phi) is 6.62. The molecule has 2 N–H and O–H groups in total. The van der Waals surface area contributed by atoms with E-state index in [1.165, 1.54) is 0 Å². The molecule has 0 aliphatic carbocycles. The van der Waals surface area contributed by atoms with Crippen molar-refractivity contribution < 1.29 is 9.47 Å². The monoisotopic (exact) mass is 357 g/mol. The number of morpholine rings is 1. The summed E-state index contributed by atoms with van der Waals surface area (Å²) in [6.45, 7) is 9.44. The third kappa shape index (κ3) is 5.57. The molecule has 2 heterocycles. The number of hydrogen-bond acceptors (Lipinski definition) is 7. The van der Waals surface area contributed by atoms with Crippen LogP contribution in [0.1, 0.15) is 13.8 Å². The van der Waals surface area contributed by atoms with E-state index < -0.39 is 0 Å². The molecule has 0 bridgehead atoms. The van der Waals surface area contributed by atoms with Crippen molar-refractivity contribution in [3.8, 4) is 5.75 Å². The zero-order valence-corrected chi connectivity index (χ0v) is 15.4. The minimum absolute atomic E-state index is 0.104. The topological polar surface area (TPSA) is 71.5 Å². The second-order valence-electron chi connectivity index (χ2n) is 6.43. The number of ether oxygens (including phenoxy) is 2. The molecule has 0 unspecified atom stereocenters. The molecule has 0 radical (unpaired) electrons. The van der Waals surface area contributed by atoms with Crippen LogP contribution in [0.3, 0.4) is 0 Å². The van der Waals surface area contributed by atoms with Crippen LogP contribution < -0.4 is 15.4 Å². The maximum absolute atomic E-state index is 5.83. The summed E-state index contributed by atoms with van der Waals surface area (Å²) in [5.41, 5.74) is 0.853. The lowest BCUT2D eigenvalue weighted by atomic mass is 10.3. The molecule has 0 atom stereocenters. The van der Waals surface area contributed by atoms with E-state index in [9.17, 15) is 0 Å². The smallest absolute Gasteiger partial charge is 0.229 e. The van der Waals surface area contributed by atoms with Crippen LogP contribution in [0.2, 0.25) is 0 Å². The molecule has 1 aromatic carbocycles. The van der Waals surface area contributed by atoms with E-state index in [4.69, 9.17) is 9.47 Å². The first-order chi connectivity index (χ1) is 12.7. The molecular formula is C19H27N5O2. The Balaban J connectivity index is 1.57. The highest BCUT2D eigenvalue weighted by atomic mass is 16.5. The second kappa shape index (κ2) is 9.35. The molecule has 7 heteroatoms. The second-order valence-corrected chi connectivity index (χ2v) is 6.43. The van der Waals surface area contributed by atoms with Gasteiger partial charge in [0.25, 0.3) is 0 Å². The van der Waals surface area contributed by atoms with Crippen molar-refractivity contribution >= 4 is 17.5 Å². The molecule has 7 nitrogen and oxygen atoms in total.